The predicted octanol–water partition coefficient (Wildman–Crippen LogP) is 1.78. The molecule has 2 rings (SSSR count). The van der Waals surface area contributed by atoms with Crippen LogP contribution in [0.1, 0.15) is 5.56 Å². The number of anilines is 1. The number of nitrogens with two attached hydrogens (primary N) is 1. The number of carbonyl (C=O) groups excluding carboxylic acids is 1. The monoisotopic (exact) mass is 282 g/mol. The highest BCUT2D eigenvalue weighted by Crippen LogP contribution is 2.23. The highest BCUT2D eigenvalue weighted by atomic mass is 32.2. The van der Waals surface area contributed by atoms with Gasteiger partial charge in [-0.15, -0.1) is 11.8 Å². The molecule has 1 aliphatic rings. The molecule has 0 bridgehead atoms. The minimum absolute atomic E-state index is 0.134. The van der Waals surface area contributed by atoms with Gasteiger partial charge in [0.15, 0.2) is 0 Å². The van der Waals surface area contributed by atoms with E-state index in [0.717, 1.165) is 23.6 Å². The maximum Gasteiger partial charge on any atom is 0.233 e. The number of rotatable bonds is 4. The first-order valence-electron chi connectivity index (χ1n) is 6.07. The van der Waals surface area contributed by atoms with Crippen molar-refractivity contribution in [1.29, 1.82) is 0 Å². The number of hydrogen-bond donors (Lipinski definition) is 2. The predicted molar refractivity (Wildman–Crippen MR) is 81.1 cm³/mol. The Morgan fingerprint density at radius 2 is 2.11 bits per heavy atom. The van der Waals surface area contributed by atoms with Crippen LogP contribution < -0.4 is 11.1 Å². The van der Waals surface area contributed by atoms with Crippen LogP contribution in [0.4, 0.5) is 5.69 Å². The summed E-state index contributed by atoms with van der Waals surface area (Å²) in [5.41, 5.74) is 7.61. The van der Waals surface area contributed by atoms with Crippen LogP contribution in [0.3, 0.4) is 0 Å². The molecule has 1 amide bonds. The van der Waals surface area contributed by atoms with Gasteiger partial charge in [-0.05, 0) is 24.1 Å². The number of nitrogen functional groups attached to an aromatic ring is 1. The van der Waals surface area contributed by atoms with Crippen molar-refractivity contribution in [2.75, 3.05) is 29.5 Å². The molecule has 0 spiro atoms. The zero-order valence-electron chi connectivity index (χ0n) is 10.2. The molecule has 1 atom stereocenters. The standard InChI is InChI=1S/C13H18N2OS2/c14-11-3-1-10(2-4-11)5-6-15-13(16)12-9-17-7-8-18-12/h1-4,12H,5-9,14H2,(H,15,16). The number of nitrogens with one attached hydrogen (secondary N) is 1. The average Bonchev–Trinajstić information content (AvgIpc) is 2.42. The Hall–Kier alpha value is -0.810. The van der Waals surface area contributed by atoms with Gasteiger partial charge in [-0.3, -0.25) is 4.79 Å². The zero-order valence-corrected chi connectivity index (χ0v) is 11.9. The Morgan fingerprint density at radius 3 is 2.78 bits per heavy atom. The molecule has 0 aliphatic carbocycles. The first kappa shape index (κ1) is 13.6. The Labute approximate surface area is 116 Å². The van der Waals surface area contributed by atoms with E-state index < -0.39 is 0 Å². The van der Waals surface area contributed by atoms with Gasteiger partial charge in [0.05, 0.1) is 5.25 Å². The summed E-state index contributed by atoms with van der Waals surface area (Å²) in [6, 6.07) is 7.80. The molecule has 1 unspecified atom stereocenters. The van der Waals surface area contributed by atoms with E-state index in [-0.39, 0.29) is 11.2 Å². The van der Waals surface area contributed by atoms with E-state index in [0.29, 0.717) is 6.54 Å². The van der Waals surface area contributed by atoms with Gasteiger partial charge in [0.25, 0.3) is 0 Å². The Kier molecular flexibility index (Phi) is 5.26. The van der Waals surface area contributed by atoms with E-state index in [1.165, 1.54) is 11.3 Å². The van der Waals surface area contributed by atoms with E-state index in [4.69, 9.17) is 5.73 Å². The topological polar surface area (TPSA) is 55.1 Å². The van der Waals surface area contributed by atoms with Crippen molar-refractivity contribution in [1.82, 2.24) is 5.32 Å². The van der Waals surface area contributed by atoms with E-state index in [9.17, 15) is 4.79 Å². The third-order valence-corrected chi connectivity index (χ3v) is 5.56. The maximum absolute atomic E-state index is 11.9. The molecule has 0 saturated carbocycles. The molecular weight excluding hydrogens is 264 g/mol. The van der Waals surface area contributed by atoms with Gasteiger partial charge in [-0.2, -0.15) is 11.8 Å². The van der Waals surface area contributed by atoms with Gasteiger partial charge in [-0.25, -0.2) is 0 Å². The molecule has 98 valence electrons. The molecule has 5 heteroatoms. The second-order valence-electron chi connectivity index (χ2n) is 4.22. The van der Waals surface area contributed by atoms with Gasteiger partial charge in [0, 0.05) is 29.5 Å². The molecule has 1 aliphatic heterocycles. The molecular formula is C13H18N2OS2. The summed E-state index contributed by atoms with van der Waals surface area (Å²) in [6.07, 6.45) is 0.858. The lowest BCUT2D eigenvalue weighted by Gasteiger charge is -2.20. The van der Waals surface area contributed by atoms with Crippen LogP contribution in [0.5, 0.6) is 0 Å². The highest BCUT2D eigenvalue weighted by Gasteiger charge is 2.21. The molecule has 3 N–H and O–H groups in total. The fraction of sp³-hybridized carbons (Fsp3) is 0.462. The first-order chi connectivity index (χ1) is 8.75. The minimum Gasteiger partial charge on any atom is -0.399 e. The van der Waals surface area contributed by atoms with E-state index in [2.05, 4.69) is 5.32 Å². The third-order valence-electron chi connectivity index (χ3n) is 2.80. The van der Waals surface area contributed by atoms with Crippen molar-refractivity contribution in [3.63, 3.8) is 0 Å². The molecule has 0 radical (unpaired) electrons. The number of thioether (sulfide) groups is 2. The smallest absolute Gasteiger partial charge is 0.233 e. The Bertz CT molecular complexity index is 388. The normalized spacial score (nSPS) is 19.4. The summed E-state index contributed by atoms with van der Waals surface area (Å²) in [4.78, 5) is 11.9. The molecule has 1 aromatic rings. The molecule has 3 nitrogen and oxygen atoms in total. The zero-order chi connectivity index (χ0) is 12.8. The van der Waals surface area contributed by atoms with Crippen LogP contribution >= 0.6 is 23.5 Å². The number of hydrogen-bond acceptors (Lipinski definition) is 4. The largest absolute Gasteiger partial charge is 0.399 e. The van der Waals surface area contributed by atoms with Crippen LogP contribution in [-0.4, -0.2) is 35.0 Å². The average molecular weight is 282 g/mol. The lowest BCUT2D eigenvalue weighted by molar-refractivity contribution is -0.120. The van der Waals surface area contributed by atoms with Crippen LogP contribution in [0.25, 0.3) is 0 Å². The number of carbonyl (C=O) groups is 1. The van der Waals surface area contributed by atoms with Gasteiger partial charge >= 0.3 is 0 Å². The first-order valence-corrected chi connectivity index (χ1v) is 8.27. The van der Waals surface area contributed by atoms with Crippen LogP contribution in [-0.2, 0) is 11.2 Å². The van der Waals surface area contributed by atoms with E-state index >= 15 is 0 Å². The Morgan fingerprint density at radius 1 is 1.33 bits per heavy atom. The summed E-state index contributed by atoms with van der Waals surface area (Å²) in [5.74, 6) is 3.38. The van der Waals surface area contributed by atoms with E-state index in [1.54, 1.807) is 11.8 Å². The summed E-state index contributed by atoms with van der Waals surface area (Å²) in [7, 11) is 0. The lowest BCUT2D eigenvalue weighted by Crippen LogP contribution is -2.37. The molecule has 1 heterocycles. The van der Waals surface area contributed by atoms with Crippen molar-refractivity contribution in [3.8, 4) is 0 Å². The van der Waals surface area contributed by atoms with Crippen LogP contribution in [0, 0.1) is 0 Å². The van der Waals surface area contributed by atoms with Crippen molar-refractivity contribution in [2.45, 2.75) is 11.7 Å². The third kappa shape index (κ3) is 4.14. The van der Waals surface area contributed by atoms with Gasteiger partial charge in [-0.1, -0.05) is 12.1 Å². The molecule has 1 fully saturated rings. The van der Waals surface area contributed by atoms with Crippen molar-refractivity contribution in [3.05, 3.63) is 29.8 Å². The second kappa shape index (κ2) is 6.95. The van der Waals surface area contributed by atoms with Crippen LogP contribution in [0.2, 0.25) is 0 Å². The Balaban J connectivity index is 1.71. The van der Waals surface area contributed by atoms with Crippen molar-refractivity contribution >= 4 is 35.1 Å². The fourth-order valence-electron chi connectivity index (χ4n) is 1.77. The summed E-state index contributed by atoms with van der Waals surface area (Å²) >= 11 is 3.64. The number of benzene rings is 1. The van der Waals surface area contributed by atoms with Crippen molar-refractivity contribution in [2.24, 2.45) is 0 Å². The minimum atomic E-state index is 0.134. The molecule has 1 saturated heterocycles. The maximum atomic E-state index is 11.9. The molecule has 1 aromatic carbocycles. The lowest BCUT2D eigenvalue weighted by atomic mass is 10.1. The molecule has 0 aromatic heterocycles. The van der Waals surface area contributed by atoms with Crippen LogP contribution in [0.15, 0.2) is 24.3 Å². The fourth-order valence-corrected chi connectivity index (χ4v) is 4.35. The summed E-state index contributed by atoms with van der Waals surface area (Å²) < 4.78 is 0. The van der Waals surface area contributed by atoms with E-state index in [1.807, 2.05) is 36.0 Å². The summed E-state index contributed by atoms with van der Waals surface area (Å²) in [5, 5.41) is 3.15. The highest BCUT2D eigenvalue weighted by molar-refractivity contribution is 8.07. The van der Waals surface area contributed by atoms with Crippen molar-refractivity contribution < 1.29 is 4.79 Å². The SMILES string of the molecule is Nc1ccc(CCNC(=O)C2CSCCS2)cc1. The molecule has 18 heavy (non-hydrogen) atoms. The quantitative estimate of drug-likeness (QED) is 0.827. The van der Waals surface area contributed by atoms with Gasteiger partial charge in [0.1, 0.15) is 0 Å². The van der Waals surface area contributed by atoms with Gasteiger partial charge < -0.3 is 11.1 Å². The second-order valence-corrected chi connectivity index (χ2v) is 6.68. The summed E-state index contributed by atoms with van der Waals surface area (Å²) in [6.45, 7) is 0.699. The van der Waals surface area contributed by atoms with Gasteiger partial charge in [0.2, 0.25) is 5.91 Å². The number of amides is 1.